The van der Waals surface area contributed by atoms with E-state index in [0.29, 0.717) is 0 Å². The lowest BCUT2D eigenvalue weighted by Crippen LogP contribution is -2.52. The lowest BCUT2D eigenvalue weighted by Gasteiger charge is -2.26. The van der Waals surface area contributed by atoms with Crippen LogP contribution in [-0.4, -0.2) is 77.9 Å². The zero-order valence-corrected chi connectivity index (χ0v) is 73.5. The topological polar surface area (TPSA) is 0 Å². The van der Waals surface area contributed by atoms with E-state index in [1.54, 1.807) is 34.5 Å². The van der Waals surface area contributed by atoms with E-state index in [-0.39, 0.29) is 7.92 Å². The monoisotopic (exact) mass is 1370 g/mol. The molecule has 0 saturated carbocycles. The maximum Gasteiger partial charge on any atom is 0.113 e. The molecule has 0 unspecified atom stereocenters. The molecule has 0 bridgehead atoms. The Bertz CT molecular complexity index is 2680. The van der Waals surface area contributed by atoms with Crippen LogP contribution in [0.2, 0.25) is 178 Å². The second-order valence-electron chi connectivity index (χ2n) is 34.5. The lowest BCUT2D eigenvalue weighted by atomic mass is 10.1. The molecule has 6 aromatic rings. The fourth-order valence-electron chi connectivity index (χ4n) is 13.0. The van der Waals surface area contributed by atoms with E-state index in [9.17, 15) is 0 Å². The van der Waals surface area contributed by atoms with Crippen LogP contribution in [0.4, 0.5) is 0 Å². The van der Waals surface area contributed by atoms with Crippen LogP contribution in [0.25, 0.3) is 21.9 Å². The summed E-state index contributed by atoms with van der Waals surface area (Å²) in [6.07, 6.45) is 10.4. The first-order valence-corrected chi connectivity index (χ1v) is 65.5. The van der Waals surface area contributed by atoms with Crippen molar-refractivity contribution in [3.63, 3.8) is 0 Å². The highest BCUT2D eigenvalue weighted by Gasteiger charge is 2.36. The summed E-state index contributed by atoms with van der Waals surface area (Å²) in [5.74, 6) is 1.80. The van der Waals surface area contributed by atoms with Gasteiger partial charge in [-0.1, -0.05) is 449 Å². The molecule has 2 saturated heterocycles. The molecule has 9 heteroatoms. The molecule has 0 aromatic heterocycles. The molecule has 2 fully saturated rings. The summed E-state index contributed by atoms with van der Waals surface area (Å²) in [5, 5.41) is 10.5. The molecular weight excluding hydrogens is 1230 g/mol. The van der Waals surface area contributed by atoms with Crippen molar-refractivity contribution in [3.8, 4) is 11.1 Å². The largest absolute Gasteiger partial charge is 0.113 e. The van der Waals surface area contributed by atoms with Gasteiger partial charge in [-0.25, -0.2) is 0 Å². The Balaban J connectivity index is 0.000000517. The number of rotatable bonds is 13. The van der Waals surface area contributed by atoms with Crippen molar-refractivity contribution in [2.45, 2.75) is 279 Å². The van der Waals surface area contributed by atoms with Crippen molar-refractivity contribution in [2.24, 2.45) is 11.8 Å². The molecule has 0 radical (unpaired) electrons. The average molecular weight is 1370 g/mol. The van der Waals surface area contributed by atoms with Crippen LogP contribution in [-0.2, 0) is 0 Å². The SMILES string of the molecule is CC(C)C[Si](C)(C)CC(C)C.CCC[Si](C)(C)CCC.CC[Si](C)(C)CC.CP(C)c1cccc2ccccc12.C[Si](C)(C)C.C[Si](C)(c1ccccc1)c1ccccc1.C[Si]1(C)CCCC1.C[Si]1(C)CCCCC1.C[Si]1(C)c2ccccc2-c2ccccc21. The predicted octanol–water partition coefficient (Wildman–Crippen LogP) is 25.8. The van der Waals surface area contributed by atoms with Gasteiger partial charge in [-0.2, -0.15) is 0 Å². The highest BCUT2D eigenvalue weighted by atomic mass is 31.1. The van der Waals surface area contributed by atoms with Gasteiger partial charge in [-0.15, -0.1) is 0 Å². The molecule has 3 heterocycles. The van der Waals surface area contributed by atoms with Crippen molar-refractivity contribution in [3.05, 3.63) is 152 Å². The molecule has 0 N–H and O–H groups in total. The summed E-state index contributed by atoms with van der Waals surface area (Å²) in [4.78, 5) is 0. The Hall–Kier alpha value is -2.25. The Morgan fingerprint density at radius 3 is 1.03 bits per heavy atom. The Morgan fingerprint density at radius 1 is 0.389 bits per heavy atom. The standard InChI is InChI=1S/C14H14Si.C14H16Si.C12H13P.C10H24Si.C8H20Si.C7H16Si.C6H14Si.C6H16Si.C4H12Si/c1-15(2)13-9-5-3-7-11(13)12-8-4-6-10-14(12)15;1-15(2,13-9-5-3-6-10-13)14-11-7-4-8-12-14;1-13(2)12-9-5-7-10-6-3-4-8-11(10)12;1-9(2)7-11(5,6)8-10(3)4;1-5-7-9(3,4)8-6-2;1-8(2)6-4-3-5-7-8;1-7(2)5-3-4-6-7;1-5-7(3,4)6-2;1-5(2,3)4/h3-10H,1-2H3;3-12H,1-2H3;3-9H,1-2H3;9-10H,7-8H2,1-6H3;5-8H2,1-4H3;3-7H2,1-2H3;3-6H2,1-2H3;5-6H2,1-4H3;1-4H3. The Kier molecular flexibility index (Phi) is 39.7. The fourth-order valence-corrected chi connectivity index (χ4v) is 32.9. The summed E-state index contributed by atoms with van der Waals surface area (Å²) < 4.78 is 0. The number of benzene rings is 6. The summed E-state index contributed by atoms with van der Waals surface area (Å²) >= 11 is 0. The smallest absolute Gasteiger partial charge is 0.0810 e. The molecule has 0 amide bonds. The summed E-state index contributed by atoms with van der Waals surface area (Å²) in [7, 11) is -6.76. The van der Waals surface area contributed by atoms with Gasteiger partial charge < -0.3 is 0 Å². The first-order chi connectivity index (χ1) is 41.7. The maximum absolute atomic E-state index is 2.52. The van der Waals surface area contributed by atoms with E-state index in [2.05, 4.69) is 338 Å². The Labute approximate surface area is 571 Å². The van der Waals surface area contributed by atoms with Gasteiger partial charge in [-0.05, 0) is 62.7 Å². The van der Waals surface area contributed by atoms with E-state index < -0.39 is 64.6 Å². The lowest BCUT2D eigenvalue weighted by molar-refractivity contribution is 0.681. The van der Waals surface area contributed by atoms with E-state index in [0.717, 1.165) is 11.8 Å². The first kappa shape index (κ1) is 85.8. The van der Waals surface area contributed by atoms with Crippen molar-refractivity contribution in [1.82, 2.24) is 0 Å². The molecule has 506 valence electrons. The highest BCUT2D eigenvalue weighted by molar-refractivity contribution is 7.64. The second kappa shape index (κ2) is 41.6. The molecule has 0 nitrogen and oxygen atoms in total. The van der Waals surface area contributed by atoms with Crippen molar-refractivity contribution >= 4 is 109 Å². The number of hydrogen-bond donors (Lipinski definition) is 0. The van der Waals surface area contributed by atoms with Gasteiger partial charge in [0.05, 0.1) is 0 Å². The zero-order chi connectivity index (χ0) is 68.6. The van der Waals surface area contributed by atoms with E-state index >= 15 is 0 Å². The number of fused-ring (bicyclic) bond motifs is 4. The normalized spacial score (nSPS) is 15.2. The number of hydrogen-bond acceptors (Lipinski definition) is 0. The molecule has 90 heavy (non-hydrogen) atoms. The van der Waals surface area contributed by atoms with Crippen LogP contribution >= 0.6 is 7.92 Å². The van der Waals surface area contributed by atoms with Gasteiger partial charge in [0, 0.05) is 48.4 Å². The third kappa shape index (κ3) is 35.5. The van der Waals surface area contributed by atoms with Crippen LogP contribution in [0.5, 0.6) is 0 Å². The van der Waals surface area contributed by atoms with Crippen LogP contribution in [0.1, 0.15) is 100 Å². The third-order valence-electron chi connectivity index (χ3n) is 18.6. The second-order valence-corrected chi connectivity index (χ2v) is 78.3. The van der Waals surface area contributed by atoms with E-state index in [1.807, 2.05) is 0 Å². The van der Waals surface area contributed by atoms with Gasteiger partial charge in [0.1, 0.15) is 16.1 Å². The van der Waals surface area contributed by atoms with Crippen molar-refractivity contribution < 1.29 is 0 Å². The van der Waals surface area contributed by atoms with Crippen LogP contribution in [0.15, 0.2) is 152 Å². The highest BCUT2D eigenvalue weighted by Crippen LogP contribution is 2.31. The quantitative estimate of drug-likeness (QED) is 0.0799. The van der Waals surface area contributed by atoms with Gasteiger partial charge in [0.2, 0.25) is 0 Å². The van der Waals surface area contributed by atoms with Gasteiger partial charge in [0.15, 0.2) is 0 Å². The maximum atomic E-state index is 2.52. The van der Waals surface area contributed by atoms with Gasteiger partial charge >= 0.3 is 0 Å². The molecular formula is C81H145PSi8. The molecule has 0 spiro atoms. The van der Waals surface area contributed by atoms with Crippen LogP contribution in [0.3, 0.4) is 0 Å². The Morgan fingerprint density at radius 2 is 0.722 bits per heavy atom. The zero-order valence-electron chi connectivity index (χ0n) is 64.6. The van der Waals surface area contributed by atoms with Crippen molar-refractivity contribution in [1.29, 1.82) is 0 Å². The molecule has 0 atom stereocenters. The minimum Gasteiger partial charge on any atom is -0.0810 e. The van der Waals surface area contributed by atoms with E-state index in [1.165, 1.54) is 119 Å². The minimum atomic E-state index is -1.46. The predicted molar refractivity (Wildman–Crippen MR) is 450 cm³/mol. The first-order valence-electron chi connectivity index (χ1n) is 36.2. The summed E-state index contributed by atoms with van der Waals surface area (Å²) in [6.45, 7) is 67.1. The molecule has 9 rings (SSSR count). The molecule has 6 aromatic carbocycles. The van der Waals surface area contributed by atoms with Gasteiger partial charge in [0.25, 0.3) is 0 Å². The molecule has 0 aliphatic carbocycles. The van der Waals surface area contributed by atoms with E-state index in [4.69, 9.17) is 0 Å². The molecule has 3 aliphatic rings. The minimum absolute atomic E-state index is 0.00463. The summed E-state index contributed by atoms with van der Waals surface area (Å²) in [6, 6.07) is 69.9. The average Bonchev–Trinajstić information content (AvgIpc) is 1.59. The van der Waals surface area contributed by atoms with Crippen molar-refractivity contribution in [2.75, 3.05) is 13.3 Å². The molecule has 3 aliphatic heterocycles. The van der Waals surface area contributed by atoms with Crippen LogP contribution in [0, 0.1) is 11.8 Å². The van der Waals surface area contributed by atoms with Crippen LogP contribution < -0.4 is 26.1 Å². The fraction of sp³-hybridized carbons (Fsp3) is 0.580. The third-order valence-corrected chi connectivity index (χ3v) is 45.3. The van der Waals surface area contributed by atoms with Gasteiger partial charge in [-0.3, -0.25) is 0 Å². The summed E-state index contributed by atoms with van der Waals surface area (Å²) in [5.41, 5.74) is 2.93.